The topological polar surface area (TPSA) is 114 Å². The van der Waals surface area contributed by atoms with E-state index in [1.807, 2.05) is 24.1 Å². The second-order valence-electron chi connectivity index (χ2n) is 7.12. The number of hydrogen-bond donors (Lipinski definition) is 5. The molecule has 8 nitrogen and oxygen atoms in total. The summed E-state index contributed by atoms with van der Waals surface area (Å²) < 4.78 is 13.0. The van der Waals surface area contributed by atoms with Crippen LogP contribution in [0.15, 0.2) is 54.9 Å². The van der Waals surface area contributed by atoms with Gasteiger partial charge in [-0.05, 0) is 41.8 Å². The number of urea groups is 1. The van der Waals surface area contributed by atoms with E-state index < -0.39 is 18.0 Å². The van der Waals surface area contributed by atoms with Crippen molar-refractivity contribution in [2.75, 3.05) is 37.0 Å². The number of aromatic nitrogens is 2. The molecule has 1 unspecified atom stereocenters. The molecule has 9 heteroatoms. The standard InChI is InChI=1S/C22H26FN5O3/c1-28(9-2-10-29)20-11-16(17-12-25-26-13-17)5-8-19(20)27-22(31)24-14-21(30)15-3-6-18(23)7-4-15/h3-8,11-13,21,29-30H,2,9-10,14H2,1H3,(H,25,26)(H2,24,27,31). The Labute approximate surface area is 179 Å². The second-order valence-corrected chi connectivity index (χ2v) is 7.12. The first kappa shape index (κ1) is 22.3. The van der Waals surface area contributed by atoms with Crippen molar-refractivity contribution >= 4 is 17.4 Å². The number of carbonyl (C=O) groups is 1. The molecule has 5 N–H and O–H groups in total. The van der Waals surface area contributed by atoms with Crippen LogP contribution in [-0.2, 0) is 0 Å². The van der Waals surface area contributed by atoms with Crippen molar-refractivity contribution in [2.24, 2.45) is 0 Å². The lowest BCUT2D eigenvalue weighted by Crippen LogP contribution is -2.33. The SMILES string of the molecule is CN(CCCO)c1cc(-c2cn[nH]c2)ccc1NC(=O)NCC(O)c1ccc(F)cc1. The number of nitrogens with zero attached hydrogens (tertiary/aromatic N) is 2. The molecule has 0 aliphatic heterocycles. The van der Waals surface area contributed by atoms with Gasteiger partial charge in [0, 0.05) is 38.5 Å². The van der Waals surface area contributed by atoms with Crippen LogP contribution in [0.2, 0.25) is 0 Å². The lowest BCUT2D eigenvalue weighted by Gasteiger charge is -2.23. The van der Waals surface area contributed by atoms with Crippen LogP contribution in [0.1, 0.15) is 18.1 Å². The van der Waals surface area contributed by atoms with E-state index in [1.54, 1.807) is 18.5 Å². The normalized spacial score (nSPS) is 11.7. The van der Waals surface area contributed by atoms with Crippen LogP contribution in [0.5, 0.6) is 0 Å². The average Bonchev–Trinajstić information content (AvgIpc) is 3.31. The summed E-state index contributed by atoms with van der Waals surface area (Å²) in [4.78, 5) is 14.4. The molecule has 1 aromatic heterocycles. The monoisotopic (exact) mass is 427 g/mol. The number of nitrogens with one attached hydrogen (secondary N) is 3. The van der Waals surface area contributed by atoms with E-state index in [4.69, 9.17) is 5.11 Å². The molecule has 0 saturated heterocycles. The van der Waals surface area contributed by atoms with Gasteiger partial charge in [0.2, 0.25) is 0 Å². The molecule has 0 saturated carbocycles. The van der Waals surface area contributed by atoms with Gasteiger partial charge >= 0.3 is 6.03 Å². The number of benzene rings is 2. The third-order valence-electron chi connectivity index (χ3n) is 4.85. The van der Waals surface area contributed by atoms with Crippen molar-refractivity contribution < 1.29 is 19.4 Å². The third-order valence-corrected chi connectivity index (χ3v) is 4.85. The molecule has 1 heterocycles. The maximum atomic E-state index is 13.0. The molecule has 2 amide bonds. The van der Waals surface area contributed by atoms with Crippen LogP contribution in [0.4, 0.5) is 20.6 Å². The predicted molar refractivity (Wildman–Crippen MR) is 117 cm³/mol. The zero-order chi connectivity index (χ0) is 22.2. The van der Waals surface area contributed by atoms with Crippen molar-refractivity contribution in [3.63, 3.8) is 0 Å². The van der Waals surface area contributed by atoms with Gasteiger partial charge < -0.3 is 25.7 Å². The van der Waals surface area contributed by atoms with Crippen LogP contribution in [0.3, 0.4) is 0 Å². The molecule has 2 aromatic carbocycles. The number of carbonyl (C=O) groups excluding carboxylic acids is 1. The van der Waals surface area contributed by atoms with Crippen molar-refractivity contribution in [3.8, 4) is 11.1 Å². The number of anilines is 2. The van der Waals surface area contributed by atoms with Gasteiger partial charge in [0.15, 0.2) is 0 Å². The Morgan fingerprint density at radius 2 is 2.00 bits per heavy atom. The number of aliphatic hydroxyl groups is 2. The predicted octanol–water partition coefficient (Wildman–Crippen LogP) is 2.89. The maximum Gasteiger partial charge on any atom is 0.319 e. The van der Waals surface area contributed by atoms with E-state index in [0.29, 0.717) is 24.2 Å². The van der Waals surface area contributed by atoms with E-state index in [9.17, 15) is 14.3 Å². The van der Waals surface area contributed by atoms with Gasteiger partial charge in [-0.25, -0.2) is 9.18 Å². The van der Waals surface area contributed by atoms with Gasteiger partial charge in [-0.3, -0.25) is 5.10 Å². The summed E-state index contributed by atoms with van der Waals surface area (Å²) >= 11 is 0. The highest BCUT2D eigenvalue weighted by atomic mass is 19.1. The largest absolute Gasteiger partial charge is 0.396 e. The molecule has 0 spiro atoms. The fraction of sp³-hybridized carbons (Fsp3) is 0.273. The molecule has 3 rings (SSSR count). The zero-order valence-electron chi connectivity index (χ0n) is 17.2. The van der Waals surface area contributed by atoms with Gasteiger partial charge in [-0.2, -0.15) is 5.10 Å². The smallest absolute Gasteiger partial charge is 0.319 e. The Hall–Kier alpha value is -3.43. The van der Waals surface area contributed by atoms with E-state index in [0.717, 1.165) is 16.8 Å². The zero-order valence-corrected chi connectivity index (χ0v) is 17.2. The maximum absolute atomic E-state index is 13.0. The van der Waals surface area contributed by atoms with Crippen LogP contribution in [-0.4, -0.2) is 53.2 Å². The first-order valence-corrected chi connectivity index (χ1v) is 9.91. The quantitative estimate of drug-likeness (QED) is 0.360. The fourth-order valence-corrected chi connectivity index (χ4v) is 3.13. The molecule has 0 aliphatic carbocycles. The Balaban J connectivity index is 1.69. The summed E-state index contributed by atoms with van der Waals surface area (Å²) in [6.07, 6.45) is 3.12. The summed E-state index contributed by atoms with van der Waals surface area (Å²) in [5, 5.41) is 31.5. The first-order valence-electron chi connectivity index (χ1n) is 9.91. The molecule has 3 aromatic rings. The minimum Gasteiger partial charge on any atom is -0.396 e. The number of amides is 2. The van der Waals surface area contributed by atoms with Crippen LogP contribution < -0.4 is 15.5 Å². The minimum absolute atomic E-state index is 0.0275. The molecule has 0 bridgehead atoms. The lowest BCUT2D eigenvalue weighted by atomic mass is 10.1. The number of aromatic amines is 1. The molecule has 0 aliphatic rings. The van der Waals surface area contributed by atoms with E-state index >= 15 is 0 Å². The molecule has 164 valence electrons. The molecule has 0 fully saturated rings. The van der Waals surface area contributed by atoms with Gasteiger partial charge in [0.1, 0.15) is 5.82 Å². The summed E-state index contributed by atoms with van der Waals surface area (Å²) in [5.41, 5.74) is 3.71. The highest BCUT2D eigenvalue weighted by Gasteiger charge is 2.14. The van der Waals surface area contributed by atoms with Crippen molar-refractivity contribution in [3.05, 3.63) is 66.2 Å². The van der Waals surface area contributed by atoms with Crippen molar-refractivity contribution in [1.82, 2.24) is 15.5 Å². The summed E-state index contributed by atoms with van der Waals surface area (Å²) in [5.74, 6) is -0.390. The van der Waals surface area contributed by atoms with Gasteiger partial charge in [0.05, 0.1) is 23.7 Å². The number of rotatable bonds is 9. The number of halogens is 1. The Morgan fingerprint density at radius 1 is 1.23 bits per heavy atom. The summed E-state index contributed by atoms with van der Waals surface area (Å²) in [7, 11) is 1.88. The second kappa shape index (κ2) is 10.6. The van der Waals surface area contributed by atoms with E-state index in [-0.39, 0.29) is 13.2 Å². The average molecular weight is 427 g/mol. The lowest BCUT2D eigenvalue weighted by molar-refractivity contribution is 0.175. The number of aliphatic hydroxyl groups excluding tert-OH is 2. The third kappa shape index (κ3) is 6.03. The highest BCUT2D eigenvalue weighted by molar-refractivity contribution is 5.94. The Morgan fingerprint density at radius 3 is 2.68 bits per heavy atom. The van der Waals surface area contributed by atoms with Crippen LogP contribution in [0, 0.1) is 5.82 Å². The molecule has 0 radical (unpaired) electrons. The number of hydrogen-bond acceptors (Lipinski definition) is 5. The Kier molecular flexibility index (Phi) is 7.58. The van der Waals surface area contributed by atoms with Crippen LogP contribution in [0.25, 0.3) is 11.1 Å². The van der Waals surface area contributed by atoms with E-state index in [2.05, 4.69) is 20.8 Å². The van der Waals surface area contributed by atoms with Gasteiger partial charge in [0.25, 0.3) is 0 Å². The molecular formula is C22H26FN5O3. The van der Waals surface area contributed by atoms with Crippen LogP contribution >= 0.6 is 0 Å². The van der Waals surface area contributed by atoms with Crippen molar-refractivity contribution in [1.29, 1.82) is 0 Å². The summed E-state index contributed by atoms with van der Waals surface area (Å²) in [6, 6.07) is 10.6. The van der Waals surface area contributed by atoms with Crippen molar-refractivity contribution in [2.45, 2.75) is 12.5 Å². The Bertz CT molecular complexity index is 979. The highest BCUT2D eigenvalue weighted by Crippen LogP contribution is 2.31. The first-order chi connectivity index (χ1) is 15.0. The summed E-state index contributed by atoms with van der Waals surface area (Å²) in [6.45, 7) is 0.640. The fourth-order valence-electron chi connectivity index (χ4n) is 3.13. The van der Waals surface area contributed by atoms with Gasteiger partial charge in [-0.15, -0.1) is 0 Å². The molecule has 31 heavy (non-hydrogen) atoms. The molecular weight excluding hydrogens is 401 g/mol. The molecule has 1 atom stereocenters. The van der Waals surface area contributed by atoms with Gasteiger partial charge in [-0.1, -0.05) is 18.2 Å². The van der Waals surface area contributed by atoms with E-state index in [1.165, 1.54) is 24.3 Å². The number of H-pyrrole nitrogens is 1. The minimum atomic E-state index is -0.957.